The van der Waals surface area contributed by atoms with E-state index >= 15 is 0 Å². The summed E-state index contributed by atoms with van der Waals surface area (Å²) in [7, 11) is 0. The molecule has 3 nitrogen and oxygen atoms in total. The first-order valence-electron chi connectivity index (χ1n) is 5.77. The van der Waals surface area contributed by atoms with E-state index in [1.165, 1.54) is 0 Å². The van der Waals surface area contributed by atoms with E-state index in [-0.39, 0.29) is 51.4 Å². The molecule has 0 fully saturated rings. The van der Waals surface area contributed by atoms with Crippen LogP contribution in [0.5, 0.6) is 5.88 Å². The van der Waals surface area contributed by atoms with E-state index in [9.17, 15) is 0 Å². The molecular weight excluding hydrogens is 291 g/mol. The van der Waals surface area contributed by atoms with Crippen LogP contribution in [0.3, 0.4) is 0 Å². The fourth-order valence-electron chi connectivity index (χ4n) is 1.36. The minimum absolute atomic E-state index is 0. The molecule has 1 aromatic rings. The first kappa shape index (κ1) is 18.7. The molecule has 0 saturated carbocycles. The molecule has 0 spiro atoms. The van der Waals surface area contributed by atoms with Gasteiger partial charge in [-0.25, -0.2) is 0 Å². The summed E-state index contributed by atoms with van der Waals surface area (Å²) < 4.78 is 5.91. The van der Waals surface area contributed by atoms with Crippen LogP contribution < -0.4 is 61.0 Å². The van der Waals surface area contributed by atoms with Crippen LogP contribution in [0.2, 0.25) is 0 Å². The SMILES string of the molecule is CCCOc1cccc(N(CCC)C(=S)[S-])n1.[K+]. The molecule has 0 bridgehead atoms. The van der Waals surface area contributed by atoms with Gasteiger partial charge in [0, 0.05) is 12.6 Å². The Balaban J connectivity index is 0.00000289. The van der Waals surface area contributed by atoms with E-state index in [0.29, 0.717) is 16.8 Å². The van der Waals surface area contributed by atoms with Gasteiger partial charge in [-0.05, 0) is 18.9 Å². The summed E-state index contributed by atoms with van der Waals surface area (Å²) in [6, 6.07) is 5.65. The Bertz CT molecular complexity index is 377. The summed E-state index contributed by atoms with van der Waals surface area (Å²) in [6.07, 6.45) is 1.93. The second-order valence-corrected chi connectivity index (χ2v) is 4.63. The molecule has 0 radical (unpaired) electrons. The van der Waals surface area contributed by atoms with E-state index in [4.69, 9.17) is 29.6 Å². The van der Waals surface area contributed by atoms with Crippen molar-refractivity contribution in [2.75, 3.05) is 18.1 Å². The van der Waals surface area contributed by atoms with Crippen molar-refractivity contribution in [3.63, 3.8) is 0 Å². The van der Waals surface area contributed by atoms with Gasteiger partial charge in [0.05, 0.1) is 6.61 Å². The molecule has 0 unspecified atom stereocenters. The van der Waals surface area contributed by atoms with Gasteiger partial charge in [0.1, 0.15) is 5.82 Å². The zero-order valence-electron chi connectivity index (χ0n) is 11.2. The molecular formula is C12H17KN2OS2. The number of aromatic nitrogens is 1. The minimum Gasteiger partial charge on any atom is -0.478 e. The number of hydrogen-bond acceptors (Lipinski definition) is 4. The number of thiocarbonyl (C=S) groups is 1. The average molecular weight is 309 g/mol. The normalized spacial score (nSPS) is 9.44. The van der Waals surface area contributed by atoms with E-state index in [0.717, 1.165) is 25.2 Å². The van der Waals surface area contributed by atoms with E-state index < -0.39 is 0 Å². The van der Waals surface area contributed by atoms with Crippen molar-refractivity contribution in [2.45, 2.75) is 26.7 Å². The third-order valence-electron chi connectivity index (χ3n) is 2.11. The topological polar surface area (TPSA) is 25.4 Å². The summed E-state index contributed by atoms with van der Waals surface area (Å²) in [4.78, 5) is 6.25. The number of anilines is 1. The fraction of sp³-hybridized carbons (Fsp3) is 0.500. The molecule has 0 N–H and O–H groups in total. The maximum absolute atomic E-state index is 5.49. The molecule has 0 aliphatic rings. The third-order valence-corrected chi connectivity index (χ3v) is 2.55. The van der Waals surface area contributed by atoms with Crippen molar-refractivity contribution in [2.24, 2.45) is 0 Å². The maximum Gasteiger partial charge on any atom is 1.00 e. The van der Waals surface area contributed by atoms with Gasteiger partial charge in [-0.15, -0.1) is 0 Å². The molecule has 18 heavy (non-hydrogen) atoms. The summed E-state index contributed by atoms with van der Waals surface area (Å²) in [5.41, 5.74) is 0. The zero-order valence-corrected chi connectivity index (χ0v) is 15.9. The summed E-state index contributed by atoms with van der Waals surface area (Å²) in [5.74, 6) is 1.39. The van der Waals surface area contributed by atoms with Crippen molar-refractivity contribution >= 4 is 35.0 Å². The zero-order chi connectivity index (χ0) is 12.7. The van der Waals surface area contributed by atoms with Gasteiger partial charge in [-0.1, -0.05) is 24.2 Å². The van der Waals surface area contributed by atoms with Crippen molar-refractivity contribution < 1.29 is 56.1 Å². The Labute approximate surface area is 163 Å². The monoisotopic (exact) mass is 308 g/mol. The smallest absolute Gasteiger partial charge is 0.478 e. The van der Waals surface area contributed by atoms with Crippen LogP contribution in [0.4, 0.5) is 5.82 Å². The van der Waals surface area contributed by atoms with Gasteiger partial charge in [-0.3, -0.25) is 0 Å². The van der Waals surface area contributed by atoms with Gasteiger partial charge in [0.15, 0.2) is 0 Å². The van der Waals surface area contributed by atoms with E-state index in [1.807, 2.05) is 23.1 Å². The molecule has 6 heteroatoms. The average Bonchev–Trinajstić information content (AvgIpc) is 2.33. The maximum atomic E-state index is 5.49. The first-order valence-corrected chi connectivity index (χ1v) is 6.59. The number of rotatable bonds is 6. The van der Waals surface area contributed by atoms with Crippen LogP contribution in [0.25, 0.3) is 0 Å². The van der Waals surface area contributed by atoms with Crippen molar-refractivity contribution in [1.82, 2.24) is 4.98 Å². The largest absolute Gasteiger partial charge is 1.00 e. The van der Waals surface area contributed by atoms with Gasteiger partial charge >= 0.3 is 51.4 Å². The summed E-state index contributed by atoms with van der Waals surface area (Å²) in [5, 5.41) is 0. The molecule has 0 saturated heterocycles. The molecule has 0 aliphatic carbocycles. The predicted octanol–water partition coefficient (Wildman–Crippen LogP) is -0.0774. The molecule has 0 aliphatic heterocycles. The number of pyridine rings is 1. The number of nitrogens with zero attached hydrogens (tertiary/aromatic N) is 2. The Hall–Kier alpha value is 0.696. The van der Waals surface area contributed by atoms with Gasteiger partial charge in [-0.2, -0.15) is 4.98 Å². The second kappa shape index (κ2) is 10.5. The van der Waals surface area contributed by atoms with Gasteiger partial charge in [0.2, 0.25) is 5.88 Å². The van der Waals surface area contributed by atoms with Crippen molar-refractivity contribution in [3.05, 3.63) is 18.2 Å². The first-order chi connectivity index (χ1) is 8.19. The standard InChI is InChI=1S/C12H18N2OS2.K/c1-3-8-14(12(16)17)10-6-5-7-11(13-10)15-9-4-2;/h5-7H,3-4,8-9H2,1-2H3,(H,16,17);/q;+1/p-1. The Morgan fingerprint density at radius 1 is 1.39 bits per heavy atom. The Morgan fingerprint density at radius 2 is 2.11 bits per heavy atom. The molecule has 1 rings (SSSR count). The molecule has 0 aromatic carbocycles. The molecule has 0 amide bonds. The van der Waals surface area contributed by atoms with Crippen LogP contribution in [0, 0.1) is 0 Å². The van der Waals surface area contributed by atoms with Crippen molar-refractivity contribution in [3.8, 4) is 5.88 Å². The van der Waals surface area contributed by atoms with E-state index in [2.05, 4.69) is 18.8 Å². The van der Waals surface area contributed by atoms with Gasteiger partial charge < -0.3 is 34.5 Å². The molecule has 94 valence electrons. The summed E-state index contributed by atoms with van der Waals surface area (Å²) in [6.45, 7) is 5.60. The molecule has 0 atom stereocenters. The number of ether oxygens (including phenoxy) is 1. The Kier molecular flexibility index (Phi) is 10.9. The van der Waals surface area contributed by atoms with Crippen LogP contribution in [0.1, 0.15) is 26.7 Å². The second-order valence-electron chi connectivity index (χ2n) is 3.60. The molecule has 1 heterocycles. The van der Waals surface area contributed by atoms with E-state index in [1.54, 1.807) is 0 Å². The van der Waals surface area contributed by atoms with Crippen LogP contribution in [-0.4, -0.2) is 22.5 Å². The van der Waals surface area contributed by atoms with Gasteiger partial charge in [0.25, 0.3) is 0 Å². The quantitative estimate of drug-likeness (QED) is 0.416. The fourth-order valence-corrected chi connectivity index (χ4v) is 1.73. The number of hydrogen-bond donors (Lipinski definition) is 0. The minimum atomic E-state index is 0. The van der Waals surface area contributed by atoms with Crippen molar-refractivity contribution in [1.29, 1.82) is 0 Å². The molecule has 1 aromatic heterocycles. The van der Waals surface area contributed by atoms with Crippen LogP contribution in [-0.2, 0) is 12.6 Å². The summed E-state index contributed by atoms with van der Waals surface area (Å²) >= 11 is 10.1. The van der Waals surface area contributed by atoms with Crippen LogP contribution in [0.15, 0.2) is 18.2 Å². The predicted molar refractivity (Wildman–Crippen MR) is 77.6 cm³/mol. The third kappa shape index (κ3) is 6.23. The Morgan fingerprint density at radius 3 is 2.67 bits per heavy atom. The van der Waals surface area contributed by atoms with Crippen LogP contribution >= 0.6 is 12.2 Å².